The van der Waals surface area contributed by atoms with Gasteiger partial charge in [0.2, 0.25) is 0 Å². The summed E-state index contributed by atoms with van der Waals surface area (Å²) in [4.78, 5) is 49.2. The van der Waals surface area contributed by atoms with Crippen LogP contribution in [-0.4, -0.2) is 43.7 Å². The van der Waals surface area contributed by atoms with Crippen LogP contribution in [0.15, 0.2) is 42.5 Å². The van der Waals surface area contributed by atoms with Crippen LogP contribution >= 0.6 is 11.6 Å². The van der Waals surface area contributed by atoms with E-state index in [0.29, 0.717) is 11.4 Å². The number of benzene rings is 2. The van der Waals surface area contributed by atoms with Crippen LogP contribution in [0.2, 0.25) is 5.02 Å². The molecule has 0 spiro atoms. The van der Waals surface area contributed by atoms with Crippen molar-refractivity contribution in [1.29, 1.82) is 0 Å². The lowest BCUT2D eigenvalue weighted by atomic mass is 10.1. The molecule has 1 aliphatic heterocycles. The second kappa shape index (κ2) is 7.59. The molecule has 7 nitrogen and oxygen atoms in total. The number of anilines is 1. The molecule has 138 valence electrons. The zero-order valence-corrected chi connectivity index (χ0v) is 15.0. The number of rotatable bonds is 6. The van der Waals surface area contributed by atoms with Crippen molar-refractivity contribution in [3.8, 4) is 5.75 Å². The van der Waals surface area contributed by atoms with Crippen LogP contribution in [0.25, 0.3) is 0 Å². The number of para-hydroxylation sites is 1. The largest absolute Gasteiger partial charge is 0.495 e. The molecule has 8 heteroatoms. The third-order valence-corrected chi connectivity index (χ3v) is 4.30. The normalized spacial score (nSPS) is 12.7. The number of halogens is 1. The number of hydrogen-bond donors (Lipinski definition) is 0. The SMILES string of the molecule is COc1ccc(C(=O)COC(=O)CN2C(=O)C(=O)c3ccccc32)cc1Cl. The summed E-state index contributed by atoms with van der Waals surface area (Å²) in [7, 11) is 1.45. The van der Waals surface area contributed by atoms with Gasteiger partial charge in [0.1, 0.15) is 12.3 Å². The fourth-order valence-corrected chi connectivity index (χ4v) is 2.91. The van der Waals surface area contributed by atoms with E-state index in [1.54, 1.807) is 18.2 Å². The van der Waals surface area contributed by atoms with Crippen molar-refractivity contribution in [2.24, 2.45) is 0 Å². The molecule has 0 aromatic heterocycles. The van der Waals surface area contributed by atoms with Crippen molar-refractivity contribution in [2.75, 3.05) is 25.2 Å². The number of ether oxygens (including phenoxy) is 2. The van der Waals surface area contributed by atoms with Crippen LogP contribution in [0, 0.1) is 0 Å². The van der Waals surface area contributed by atoms with Gasteiger partial charge in [-0.2, -0.15) is 0 Å². The number of amides is 1. The van der Waals surface area contributed by atoms with Crippen LogP contribution in [0.1, 0.15) is 20.7 Å². The molecule has 0 N–H and O–H groups in total. The van der Waals surface area contributed by atoms with Gasteiger partial charge in [0.25, 0.3) is 11.7 Å². The molecule has 27 heavy (non-hydrogen) atoms. The average Bonchev–Trinajstić information content (AvgIpc) is 2.91. The molecule has 0 unspecified atom stereocenters. The van der Waals surface area contributed by atoms with Crippen LogP contribution in [-0.2, 0) is 14.3 Å². The van der Waals surface area contributed by atoms with E-state index in [2.05, 4.69) is 0 Å². The first-order chi connectivity index (χ1) is 12.9. The minimum absolute atomic E-state index is 0.235. The number of esters is 1. The Labute approximate surface area is 159 Å². The minimum Gasteiger partial charge on any atom is -0.495 e. The summed E-state index contributed by atoms with van der Waals surface area (Å²) in [5, 5.41) is 0.257. The Morgan fingerprint density at radius 3 is 2.56 bits per heavy atom. The van der Waals surface area contributed by atoms with Gasteiger partial charge in [0.05, 0.1) is 23.4 Å². The van der Waals surface area contributed by atoms with Crippen molar-refractivity contribution in [3.63, 3.8) is 0 Å². The van der Waals surface area contributed by atoms with Gasteiger partial charge in [-0.05, 0) is 30.3 Å². The molecule has 0 radical (unpaired) electrons. The number of hydrogen-bond acceptors (Lipinski definition) is 6. The van der Waals surface area contributed by atoms with Crippen molar-refractivity contribution < 1.29 is 28.7 Å². The van der Waals surface area contributed by atoms with Gasteiger partial charge in [-0.15, -0.1) is 0 Å². The Morgan fingerprint density at radius 2 is 1.85 bits per heavy atom. The summed E-state index contributed by atoms with van der Waals surface area (Å²) in [6, 6.07) is 10.8. The lowest BCUT2D eigenvalue weighted by Gasteiger charge is -2.15. The van der Waals surface area contributed by atoms with Crippen molar-refractivity contribution >= 4 is 40.7 Å². The summed E-state index contributed by atoms with van der Waals surface area (Å²) in [5.41, 5.74) is 0.836. The van der Waals surface area contributed by atoms with E-state index in [1.807, 2.05) is 0 Å². The predicted molar refractivity (Wildman–Crippen MR) is 96.4 cm³/mol. The Morgan fingerprint density at radius 1 is 1.11 bits per heavy atom. The van der Waals surface area contributed by atoms with Crippen LogP contribution < -0.4 is 9.64 Å². The zero-order valence-electron chi connectivity index (χ0n) is 14.2. The highest BCUT2D eigenvalue weighted by Gasteiger charge is 2.36. The highest BCUT2D eigenvalue weighted by Crippen LogP contribution is 2.28. The van der Waals surface area contributed by atoms with E-state index in [-0.39, 0.29) is 16.1 Å². The molecule has 2 aromatic carbocycles. The first-order valence-corrected chi connectivity index (χ1v) is 8.27. The standard InChI is InChI=1S/C19H14ClNO6/c1-26-16-7-6-11(8-13(16)20)15(22)10-27-17(23)9-21-14-5-3-2-4-12(14)18(24)19(21)25/h2-8H,9-10H2,1H3. The smallest absolute Gasteiger partial charge is 0.326 e. The van der Waals surface area contributed by atoms with Gasteiger partial charge in [-0.25, -0.2) is 0 Å². The van der Waals surface area contributed by atoms with Crippen molar-refractivity contribution in [2.45, 2.75) is 0 Å². The maximum absolute atomic E-state index is 12.1. The molecular weight excluding hydrogens is 374 g/mol. The topological polar surface area (TPSA) is 90.0 Å². The zero-order chi connectivity index (χ0) is 19.6. The number of carbonyl (C=O) groups excluding carboxylic acids is 4. The summed E-state index contributed by atoms with van der Waals surface area (Å²) in [6.45, 7) is -0.975. The third-order valence-electron chi connectivity index (χ3n) is 4.00. The summed E-state index contributed by atoms with van der Waals surface area (Å²) in [6.07, 6.45) is 0. The van der Waals surface area contributed by atoms with E-state index in [9.17, 15) is 19.2 Å². The Balaban J connectivity index is 1.62. The second-order valence-electron chi connectivity index (χ2n) is 5.67. The Hall–Kier alpha value is -3.19. The highest BCUT2D eigenvalue weighted by atomic mass is 35.5. The first-order valence-electron chi connectivity index (χ1n) is 7.90. The average molecular weight is 388 g/mol. The monoisotopic (exact) mass is 387 g/mol. The van der Waals surface area contributed by atoms with Crippen LogP contribution in [0.3, 0.4) is 0 Å². The van der Waals surface area contributed by atoms with Crippen LogP contribution in [0.5, 0.6) is 5.75 Å². The van der Waals surface area contributed by atoms with Crippen molar-refractivity contribution in [3.05, 3.63) is 58.6 Å². The number of nitrogens with zero attached hydrogens (tertiary/aromatic N) is 1. The lowest BCUT2D eigenvalue weighted by Crippen LogP contribution is -2.36. The molecule has 0 fully saturated rings. The summed E-state index contributed by atoms with van der Waals surface area (Å²) in [5.74, 6) is -2.33. The Bertz CT molecular complexity index is 955. The number of methoxy groups -OCH3 is 1. The predicted octanol–water partition coefficient (Wildman–Crippen LogP) is 2.30. The molecule has 3 rings (SSSR count). The molecule has 0 aliphatic carbocycles. The minimum atomic E-state index is -0.805. The van der Waals surface area contributed by atoms with Gasteiger partial charge in [0, 0.05) is 5.56 Å². The molecule has 0 bridgehead atoms. The third kappa shape index (κ3) is 3.68. The van der Waals surface area contributed by atoms with Gasteiger partial charge < -0.3 is 9.47 Å². The maximum atomic E-state index is 12.1. The second-order valence-corrected chi connectivity index (χ2v) is 6.08. The van der Waals surface area contributed by atoms with Gasteiger partial charge >= 0.3 is 5.97 Å². The molecule has 0 atom stereocenters. The summed E-state index contributed by atoms with van der Waals surface area (Å²) < 4.78 is 9.95. The quantitative estimate of drug-likeness (QED) is 0.429. The molecule has 1 amide bonds. The number of Topliss-reactive ketones (excluding diaryl/α,β-unsaturated/α-hetero) is 2. The molecule has 1 aliphatic rings. The molecule has 1 heterocycles. The van der Waals surface area contributed by atoms with E-state index in [1.165, 1.54) is 31.4 Å². The number of carbonyl (C=O) groups is 4. The fourth-order valence-electron chi connectivity index (χ4n) is 2.65. The first kappa shape index (κ1) is 18.6. The van der Waals surface area contributed by atoms with E-state index >= 15 is 0 Å². The van der Waals surface area contributed by atoms with Crippen molar-refractivity contribution in [1.82, 2.24) is 0 Å². The van der Waals surface area contributed by atoms with E-state index < -0.39 is 36.6 Å². The van der Waals surface area contributed by atoms with Gasteiger partial charge in [0.15, 0.2) is 12.4 Å². The van der Waals surface area contributed by atoms with E-state index in [0.717, 1.165) is 4.90 Å². The van der Waals surface area contributed by atoms with Crippen LogP contribution in [0.4, 0.5) is 5.69 Å². The molecule has 0 saturated carbocycles. The number of ketones is 2. The van der Waals surface area contributed by atoms with E-state index in [4.69, 9.17) is 21.1 Å². The molecule has 0 saturated heterocycles. The maximum Gasteiger partial charge on any atom is 0.326 e. The molecule has 2 aromatic rings. The molecular formula is C19H14ClNO6. The lowest BCUT2D eigenvalue weighted by molar-refractivity contribution is -0.141. The number of fused-ring (bicyclic) bond motifs is 1. The summed E-state index contributed by atoms with van der Waals surface area (Å²) >= 11 is 5.97. The van der Waals surface area contributed by atoms with Gasteiger partial charge in [-0.1, -0.05) is 23.7 Å². The highest BCUT2D eigenvalue weighted by molar-refractivity contribution is 6.52. The van der Waals surface area contributed by atoms with Gasteiger partial charge in [-0.3, -0.25) is 24.1 Å². The Kier molecular flexibility index (Phi) is 5.23. The fraction of sp³-hybridized carbons (Fsp3) is 0.158.